The molecule has 1 aliphatic carbocycles. The number of amides is 1. The van der Waals surface area contributed by atoms with Crippen molar-refractivity contribution in [3.8, 4) is 5.75 Å². The molecule has 3 rings (SSSR count). The Labute approximate surface area is 160 Å². The zero-order valence-electron chi connectivity index (χ0n) is 15.8. The van der Waals surface area contributed by atoms with Crippen LogP contribution in [0.2, 0.25) is 0 Å². The molecule has 1 heterocycles. The highest BCUT2D eigenvalue weighted by Crippen LogP contribution is 2.28. The summed E-state index contributed by atoms with van der Waals surface area (Å²) in [5, 5.41) is 6.95. The first-order valence-electron chi connectivity index (χ1n) is 9.59. The smallest absolute Gasteiger partial charge is 0.250 e. The Morgan fingerprint density at radius 1 is 1.19 bits per heavy atom. The first-order valence-corrected chi connectivity index (χ1v) is 9.59. The van der Waals surface area contributed by atoms with Crippen molar-refractivity contribution in [3.05, 3.63) is 47.7 Å². The van der Waals surface area contributed by atoms with Crippen LogP contribution in [0.15, 0.2) is 36.5 Å². The Morgan fingerprint density at radius 3 is 2.59 bits per heavy atom. The van der Waals surface area contributed by atoms with Gasteiger partial charge >= 0.3 is 0 Å². The lowest BCUT2D eigenvalue weighted by Crippen LogP contribution is -2.27. The molecule has 0 saturated heterocycles. The van der Waals surface area contributed by atoms with Crippen molar-refractivity contribution < 1.29 is 9.53 Å². The first kappa shape index (κ1) is 19.2. The average Bonchev–Trinajstić information content (AvgIpc) is 2.96. The largest absolute Gasteiger partial charge is 0.495 e. The third-order valence-electron chi connectivity index (χ3n) is 5.02. The van der Waals surface area contributed by atoms with Gasteiger partial charge in [0.2, 0.25) is 5.91 Å². The van der Waals surface area contributed by atoms with Crippen molar-refractivity contribution in [2.45, 2.75) is 51.1 Å². The van der Waals surface area contributed by atoms with Crippen molar-refractivity contribution >= 4 is 17.4 Å². The SMILES string of the molecule is COc1ccc(CNC2CCCCCC2)cc1Nc1ccc(C(N)=O)cn1. The lowest BCUT2D eigenvalue weighted by atomic mass is 10.1. The summed E-state index contributed by atoms with van der Waals surface area (Å²) in [5.41, 5.74) is 7.68. The topological polar surface area (TPSA) is 89.3 Å². The van der Waals surface area contributed by atoms with Gasteiger partial charge in [-0.05, 0) is 42.7 Å². The lowest BCUT2D eigenvalue weighted by molar-refractivity contribution is 0.1000. The number of rotatable bonds is 7. The van der Waals surface area contributed by atoms with Crippen LogP contribution in [0.3, 0.4) is 0 Å². The zero-order valence-corrected chi connectivity index (χ0v) is 15.8. The molecule has 0 radical (unpaired) electrons. The number of carbonyl (C=O) groups is 1. The molecule has 144 valence electrons. The van der Waals surface area contributed by atoms with Gasteiger partial charge < -0.3 is 21.1 Å². The van der Waals surface area contributed by atoms with E-state index in [9.17, 15) is 4.79 Å². The molecule has 0 spiro atoms. The fourth-order valence-corrected chi connectivity index (χ4v) is 3.46. The number of hydrogen-bond donors (Lipinski definition) is 3. The van der Waals surface area contributed by atoms with E-state index in [0.717, 1.165) is 18.0 Å². The second-order valence-electron chi connectivity index (χ2n) is 7.03. The summed E-state index contributed by atoms with van der Waals surface area (Å²) in [6.07, 6.45) is 9.34. The van der Waals surface area contributed by atoms with E-state index >= 15 is 0 Å². The van der Waals surface area contributed by atoms with Crippen LogP contribution in [0, 0.1) is 0 Å². The van der Waals surface area contributed by atoms with Gasteiger partial charge in [0.1, 0.15) is 11.6 Å². The highest BCUT2D eigenvalue weighted by Gasteiger charge is 2.12. The molecule has 6 nitrogen and oxygen atoms in total. The van der Waals surface area contributed by atoms with Crippen molar-refractivity contribution in [1.82, 2.24) is 10.3 Å². The van der Waals surface area contributed by atoms with Gasteiger partial charge in [-0.1, -0.05) is 31.7 Å². The van der Waals surface area contributed by atoms with E-state index in [0.29, 0.717) is 17.4 Å². The van der Waals surface area contributed by atoms with Crippen molar-refractivity contribution in [3.63, 3.8) is 0 Å². The van der Waals surface area contributed by atoms with E-state index in [4.69, 9.17) is 10.5 Å². The molecular formula is C21H28N4O2. The number of primary amides is 1. The van der Waals surface area contributed by atoms with Crippen LogP contribution in [0.25, 0.3) is 0 Å². The summed E-state index contributed by atoms with van der Waals surface area (Å²) in [7, 11) is 1.65. The summed E-state index contributed by atoms with van der Waals surface area (Å²) < 4.78 is 5.46. The number of methoxy groups -OCH3 is 1. The Kier molecular flexibility index (Phi) is 6.65. The fraction of sp³-hybridized carbons (Fsp3) is 0.429. The van der Waals surface area contributed by atoms with Crippen molar-refractivity contribution in [2.75, 3.05) is 12.4 Å². The molecule has 1 aliphatic rings. The van der Waals surface area contributed by atoms with Gasteiger partial charge in [0.15, 0.2) is 0 Å². The predicted molar refractivity (Wildman–Crippen MR) is 107 cm³/mol. The molecule has 4 N–H and O–H groups in total. The highest BCUT2D eigenvalue weighted by atomic mass is 16.5. The number of nitrogens with two attached hydrogens (primary N) is 1. The Bertz CT molecular complexity index is 753. The van der Waals surface area contributed by atoms with Gasteiger partial charge in [-0.2, -0.15) is 0 Å². The van der Waals surface area contributed by atoms with Crippen LogP contribution in [0.5, 0.6) is 5.75 Å². The van der Waals surface area contributed by atoms with Crippen LogP contribution in [-0.4, -0.2) is 24.0 Å². The number of benzene rings is 1. The van der Waals surface area contributed by atoms with E-state index in [1.807, 2.05) is 6.07 Å². The Hall–Kier alpha value is -2.60. The molecule has 0 bridgehead atoms. The third kappa shape index (κ3) is 5.44. The summed E-state index contributed by atoms with van der Waals surface area (Å²) in [6, 6.07) is 10.1. The predicted octanol–water partition coefficient (Wildman–Crippen LogP) is 3.75. The summed E-state index contributed by atoms with van der Waals surface area (Å²) >= 11 is 0. The number of nitrogens with one attached hydrogen (secondary N) is 2. The molecule has 0 aliphatic heterocycles. The van der Waals surface area contributed by atoms with Crippen LogP contribution in [0.4, 0.5) is 11.5 Å². The molecule has 1 aromatic heterocycles. The maximum Gasteiger partial charge on any atom is 0.250 e. The molecule has 0 unspecified atom stereocenters. The Morgan fingerprint density at radius 2 is 1.96 bits per heavy atom. The van der Waals surface area contributed by atoms with Gasteiger partial charge in [0.05, 0.1) is 18.4 Å². The summed E-state index contributed by atoms with van der Waals surface area (Å²) in [5.74, 6) is 0.888. The van der Waals surface area contributed by atoms with E-state index in [1.165, 1.54) is 50.3 Å². The molecular weight excluding hydrogens is 340 g/mol. The first-order chi connectivity index (χ1) is 13.2. The number of pyridine rings is 1. The maximum absolute atomic E-state index is 11.2. The third-order valence-corrected chi connectivity index (χ3v) is 5.02. The van der Waals surface area contributed by atoms with Crippen LogP contribution in [-0.2, 0) is 6.54 Å². The normalized spacial score (nSPS) is 15.1. The fourth-order valence-electron chi connectivity index (χ4n) is 3.46. The van der Waals surface area contributed by atoms with Gasteiger partial charge in [-0.15, -0.1) is 0 Å². The van der Waals surface area contributed by atoms with E-state index in [1.54, 1.807) is 19.2 Å². The van der Waals surface area contributed by atoms with Gasteiger partial charge in [0, 0.05) is 18.8 Å². The molecule has 0 atom stereocenters. The molecule has 1 fully saturated rings. The zero-order chi connectivity index (χ0) is 19.1. The maximum atomic E-state index is 11.2. The van der Waals surface area contributed by atoms with Crippen LogP contribution < -0.4 is 21.1 Å². The van der Waals surface area contributed by atoms with Crippen LogP contribution in [0.1, 0.15) is 54.4 Å². The average molecular weight is 368 g/mol. The quantitative estimate of drug-likeness (QED) is 0.648. The van der Waals surface area contributed by atoms with E-state index < -0.39 is 5.91 Å². The minimum absolute atomic E-state index is 0.383. The summed E-state index contributed by atoms with van der Waals surface area (Å²) in [4.78, 5) is 15.4. The molecule has 27 heavy (non-hydrogen) atoms. The minimum Gasteiger partial charge on any atom is -0.495 e. The molecule has 1 amide bonds. The Balaban J connectivity index is 1.68. The van der Waals surface area contributed by atoms with Crippen LogP contribution >= 0.6 is 0 Å². The summed E-state index contributed by atoms with van der Waals surface area (Å²) in [6.45, 7) is 0.831. The minimum atomic E-state index is -0.488. The number of hydrogen-bond acceptors (Lipinski definition) is 5. The number of carbonyl (C=O) groups excluding carboxylic acids is 1. The second kappa shape index (κ2) is 9.37. The lowest BCUT2D eigenvalue weighted by Gasteiger charge is -2.17. The second-order valence-corrected chi connectivity index (χ2v) is 7.03. The highest BCUT2D eigenvalue weighted by molar-refractivity contribution is 5.92. The standard InChI is InChI=1S/C21H28N4O2/c1-27-19-10-8-15(13-23-17-6-4-2-3-5-7-17)12-18(19)25-20-11-9-16(14-24-20)21(22)26/h8-12,14,17,23H,2-7,13H2,1H3,(H2,22,26)(H,24,25). The molecule has 2 aromatic rings. The van der Waals surface area contributed by atoms with E-state index in [2.05, 4.69) is 27.8 Å². The molecule has 6 heteroatoms. The van der Waals surface area contributed by atoms with E-state index in [-0.39, 0.29) is 0 Å². The number of anilines is 2. The number of ether oxygens (including phenoxy) is 1. The van der Waals surface area contributed by atoms with Gasteiger partial charge in [-0.3, -0.25) is 4.79 Å². The molecule has 1 aromatic carbocycles. The van der Waals surface area contributed by atoms with Gasteiger partial charge in [0.25, 0.3) is 0 Å². The van der Waals surface area contributed by atoms with Gasteiger partial charge in [-0.25, -0.2) is 4.98 Å². The number of nitrogens with zero attached hydrogens (tertiary/aromatic N) is 1. The number of aromatic nitrogens is 1. The van der Waals surface area contributed by atoms with Crippen molar-refractivity contribution in [2.24, 2.45) is 5.73 Å². The van der Waals surface area contributed by atoms with Crippen molar-refractivity contribution in [1.29, 1.82) is 0 Å². The monoisotopic (exact) mass is 368 g/mol. The molecule has 1 saturated carbocycles.